The Morgan fingerprint density at radius 1 is 1.50 bits per heavy atom. The Kier molecular flexibility index (Phi) is 4.87. The molecule has 1 unspecified atom stereocenters. The normalized spacial score (nSPS) is 20.3. The summed E-state index contributed by atoms with van der Waals surface area (Å²) in [4.78, 5) is 2.40. The Balaban J connectivity index is 2.06. The van der Waals surface area contributed by atoms with Crippen molar-refractivity contribution in [3.63, 3.8) is 0 Å². The minimum absolute atomic E-state index is 0.335. The van der Waals surface area contributed by atoms with Crippen molar-refractivity contribution in [3.8, 4) is 5.75 Å². The molecule has 0 radical (unpaired) electrons. The summed E-state index contributed by atoms with van der Waals surface area (Å²) in [6, 6.07) is 5.81. The highest BCUT2D eigenvalue weighted by molar-refractivity contribution is 6.30. The molecule has 4 heteroatoms. The van der Waals surface area contributed by atoms with Gasteiger partial charge in [-0.25, -0.2) is 0 Å². The highest BCUT2D eigenvalue weighted by atomic mass is 35.5. The quantitative estimate of drug-likeness (QED) is 0.881. The molecule has 0 spiro atoms. The van der Waals surface area contributed by atoms with Gasteiger partial charge in [-0.05, 0) is 44.1 Å². The minimum Gasteiger partial charge on any atom is -0.508 e. The fourth-order valence-electron chi connectivity index (χ4n) is 2.54. The van der Waals surface area contributed by atoms with Gasteiger partial charge in [-0.3, -0.25) is 4.90 Å². The predicted octanol–water partition coefficient (Wildman–Crippen LogP) is 2.62. The number of aromatic hydroxyl groups is 1. The molecule has 2 rings (SSSR count). The Bertz CT molecular complexity index is 391. The van der Waals surface area contributed by atoms with Crippen molar-refractivity contribution in [2.24, 2.45) is 0 Å². The summed E-state index contributed by atoms with van der Waals surface area (Å²) >= 11 is 5.99. The number of hydrogen-bond donors (Lipinski definition) is 2. The number of nitrogens with one attached hydrogen (secondary N) is 1. The SMILES string of the molecule is CCN(Cc1cc(Cl)ccc1O)C1CCCNC1. The van der Waals surface area contributed by atoms with Crippen LogP contribution in [-0.2, 0) is 6.54 Å². The van der Waals surface area contributed by atoms with Crippen LogP contribution in [0.5, 0.6) is 5.75 Å². The molecule has 0 aliphatic carbocycles. The standard InChI is InChI=1S/C14H21ClN2O/c1-2-17(13-4-3-7-16-9-13)10-11-8-12(15)5-6-14(11)18/h5-6,8,13,16,18H,2-4,7,9-10H2,1H3. The first-order valence-electron chi connectivity index (χ1n) is 6.63. The third kappa shape index (κ3) is 3.37. The van der Waals surface area contributed by atoms with Crippen LogP contribution in [0.15, 0.2) is 18.2 Å². The van der Waals surface area contributed by atoms with Crippen molar-refractivity contribution in [2.45, 2.75) is 32.4 Å². The van der Waals surface area contributed by atoms with Crippen LogP contribution in [-0.4, -0.2) is 35.7 Å². The van der Waals surface area contributed by atoms with Gasteiger partial charge in [0.1, 0.15) is 5.75 Å². The van der Waals surface area contributed by atoms with E-state index in [1.165, 1.54) is 12.8 Å². The van der Waals surface area contributed by atoms with E-state index in [0.717, 1.165) is 31.7 Å². The summed E-state index contributed by atoms with van der Waals surface area (Å²) in [5, 5.41) is 14.0. The lowest BCUT2D eigenvalue weighted by Crippen LogP contribution is -2.45. The number of halogens is 1. The van der Waals surface area contributed by atoms with Crippen molar-refractivity contribution in [3.05, 3.63) is 28.8 Å². The van der Waals surface area contributed by atoms with Gasteiger partial charge >= 0.3 is 0 Å². The fraction of sp³-hybridized carbons (Fsp3) is 0.571. The zero-order chi connectivity index (χ0) is 13.0. The van der Waals surface area contributed by atoms with Gasteiger partial charge in [0.2, 0.25) is 0 Å². The number of rotatable bonds is 4. The highest BCUT2D eigenvalue weighted by Gasteiger charge is 2.20. The number of phenolic OH excluding ortho intramolecular Hbond substituents is 1. The monoisotopic (exact) mass is 268 g/mol. The van der Waals surface area contributed by atoms with Gasteiger partial charge in [-0.2, -0.15) is 0 Å². The lowest BCUT2D eigenvalue weighted by atomic mass is 10.0. The van der Waals surface area contributed by atoms with Crippen LogP contribution >= 0.6 is 11.6 Å². The first-order valence-corrected chi connectivity index (χ1v) is 7.00. The molecular formula is C14H21ClN2O. The largest absolute Gasteiger partial charge is 0.508 e. The van der Waals surface area contributed by atoms with E-state index in [2.05, 4.69) is 17.1 Å². The molecule has 0 saturated carbocycles. The van der Waals surface area contributed by atoms with Crippen molar-refractivity contribution < 1.29 is 5.11 Å². The summed E-state index contributed by atoms with van der Waals surface area (Å²) in [6.45, 7) is 6.06. The van der Waals surface area contributed by atoms with Crippen LogP contribution < -0.4 is 5.32 Å². The van der Waals surface area contributed by atoms with Crippen LogP contribution in [0.3, 0.4) is 0 Å². The zero-order valence-electron chi connectivity index (χ0n) is 10.8. The summed E-state index contributed by atoms with van der Waals surface area (Å²) < 4.78 is 0. The average Bonchev–Trinajstić information content (AvgIpc) is 2.41. The Labute approximate surface area is 114 Å². The second-order valence-corrected chi connectivity index (χ2v) is 5.27. The Hall–Kier alpha value is -0.770. The van der Waals surface area contributed by atoms with E-state index in [-0.39, 0.29) is 0 Å². The number of hydrogen-bond acceptors (Lipinski definition) is 3. The van der Waals surface area contributed by atoms with Crippen molar-refractivity contribution in [1.82, 2.24) is 10.2 Å². The molecule has 0 amide bonds. The fourth-order valence-corrected chi connectivity index (χ4v) is 2.74. The molecule has 0 bridgehead atoms. The molecule has 1 saturated heterocycles. The second-order valence-electron chi connectivity index (χ2n) is 4.84. The van der Waals surface area contributed by atoms with Crippen LogP contribution in [0.1, 0.15) is 25.3 Å². The molecule has 1 aliphatic rings. The molecule has 1 fully saturated rings. The highest BCUT2D eigenvalue weighted by Crippen LogP contribution is 2.24. The summed E-state index contributed by atoms with van der Waals surface area (Å²) in [5.74, 6) is 0.335. The first-order chi connectivity index (χ1) is 8.70. The van der Waals surface area contributed by atoms with Gasteiger partial charge < -0.3 is 10.4 Å². The van der Waals surface area contributed by atoms with Crippen molar-refractivity contribution >= 4 is 11.6 Å². The molecule has 1 heterocycles. The minimum atomic E-state index is 0.335. The van der Waals surface area contributed by atoms with Gasteiger partial charge in [0.05, 0.1) is 0 Å². The van der Waals surface area contributed by atoms with Gasteiger partial charge in [0.15, 0.2) is 0 Å². The number of phenols is 1. The third-order valence-corrected chi connectivity index (χ3v) is 3.84. The molecule has 18 heavy (non-hydrogen) atoms. The van der Waals surface area contributed by atoms with E-state index < -0.39 is 0 Å². The summed E-state index contributed by atoms with van der Waals surface area (Å²) in [6.07, 6.45) is 2.45. The van der Waals surface area contributed by atoms with Crippen LogP contribution in [0.4, 0.5) is 0 Å². The molecule has 1 aromatic carbocycles. The zero-order valence-corrected chi connectivity index (χ0v) is 11.6. The van der Waals surface area contributed by atoms with Gasteiger partial charge in [-0.15, -0.1) is 0 Å². The molecule has 1 aliphatic heterocycles. The second kappa shape index (κ2) is 6.41. The molecule has 1 aromatic rings. The van der Waals surface area contributed by atoms with E-state index in [1.807, 2.05) is 6.07 Å². The van der Waals surface area contributed by atoms with E-state index in [1.54, 1.807) is 12.1 Å². The van der Waals surface area contributed by atoms with E-state index >= 15 is 0 Å². The smallest absolute Gasteiger partial charge is 0.120 e. The van der Waals surface area contributed by atoms with Gasteiger partial charge in [-0.1, -0.05) is 18.5 Å². The number of benzene rings is 1. The van der Waals surface area contributed by atoms with Crippen LogP contribution in [0, 0.1) is 0 Å². The maximum absolute atomic E-state index is 9.88. The van der Waals surface area contributed by atoms with E-state index in [0.29, 0.717) is 16.8 Å². The van der Waals surface area contributed by atoms with Crippen LogP contribution in [0.25, 0.3) is 0 Å². The maximum atomic E-state index is 9.88. The number of piperidine rings is 1. The molecule has 0 aromatic heterocycles. The Morgan fingerprint density at radius 3 is 3.00 bits per heavy atom. The molecule has 3 nitrogen and oxygen atoms in total. The topological polar surface area (TPSA) is 35.5 Å². The number of nitrogens with zero attached hydrogens (tertiary/aromatic N) is 1. The molecular weight excluding hydrogens is 248 g/mol. The molecule has 1 atom stereocenters. The van der Waals surface area contributed by atoms with E-state index in [9.17, 15) is 5.11 Å². The molecule has 2 N–H and O–H groups in total. The van der Waals surface area contributed by atoms with Crippen molar-refractivity contribution in [2.75, 3.05) is 19.6 Å². The lowest BCUT2D eigenvalue weighted by Gasteiger charge is -2.34. The number of likely N-dealkylation sites (N-methyl/N-ethyl adjacent to an activating group) is 1. The van der Waals surface area contributed by atoms with Gasteiger partial charge in [0, 0.05) is 29.7 Å². The average molecular weight is 269 g/mol. The first kappa shape index (κ1) is 13.7. The van der Waals surface area contributed by atoms with E-state index in [4.69, 9.17) is 11.6 Å². The van der Waals surface area contributed by atoms with Crippen molar-refractivity contribution in [1.29, 1.82) is 0 Å². The van der Waals surface area contributed by atoms with Crippen LogP contribution in [0.2, 0.25) is 5.02 Å². The summed E-state index contributed by atoms with van der Waals surface area (Å²) in [7, 11) is 0. The maximum Gasteiger partial charge on any atom is 0.120 e. The third-order valence-electron chi connectivity index (χ3n) is 3.61. The predicted molar refractivity (Wildman–Crippen MR) is 75.1 cm³/mol. The Morgan fingerprint density at radius 2 is 2.33 bits per heavy atom. The molecule has 100 valence electrons. The van der Waals surface area contributed by atoms with Gasteiger partial charge in [0.25, 0.3) is 0 Å². The lowest BCUT2D eigenvalue weighted by molar-refractivity contribution is 0.164. The summed E-state index contributed by atoms with van der Waals surface area (Å²) in [5.41, 5.74) is 0.912.